The van der Waals surface area contributed by atoms with Crippen molar-refractivity contribution < 1.29 is 9.90 Å². The summed E-state index contributed by atoms with van der Waals surface area (Å²) in [5.74, 6) is -0.0991. The predicted molar refractivity (Wildman–Crippen MR) is 80.4 cm³/mol. The van der Waals surface area contributed by atoms with E-state index in [1.807, 2.05) is 31.2 Å². The Morgan fingerprint density at radius 3 is 2.70 bits per heavy atom. The smallest absolute Gasteiger partial charge is 0.229 e. The van der Waals surface area contributed by atoms with Crippen molar-refractivity contribution >= 4 is 11.6 Å². The molecule has 4 N–H and O–H groups in total. The predicted octanol–water partition coefficient (Wildman–Crippen LogP) is 2.07. The molecule has 0 spiro atoms. The van der Waals surface area contributed by atoms with Gasteiger partial charge in [-0.15, -0.1) is 0 Å². The fourth-order valence-corrected chi connectivity index (χ4v) is 2.90. The second-order valence-electron chi connectivity index (χ2n) is 5.96. The number of rotatable bonds is 4. The summed E-state index contributed by atoms with van der Waals surface area (Å²) in [7, 11) is 0. The highest BCUT2D eigenvalue weighted by Crippen LogP contribution is 2.32. The van der Waals surface area contributed by atoms with Gasteiger partial charge >= 0.3 is 0 Å². The summed E-state index contributed by atoms with van der Waals surface area (Å²) in [6.45, 7) is 2.11. The van der Waals surface area contributed by atoms with Crippen LogP contribution in [0.25, 0.3) is 0 Å². The van der Waals surface area contributed by atoms with Gasteiger partial charge in [0.2, 0.25) is 5.91 Å². The third-order valence-electron chi connectivity index (χ3n) is 4.19. The monoisotopic (exact) mass is 276 g/mol. The summed E-state index contributed by atoms with van der Waals surface area (Å²) in [4.78, 5) is 12.4. The Bertz CT molecular complexity index is 454. The highest BCUT2D eigenvalue weighted by molar-refractivity contribution is 5.93. The first kappa shape index (κ1) is 15.0. The fraction of sp³-hybridized carbons (Fsp3) is 0.562. The lowest BCUT2D eigenvalue weighted by atomic mass is 9.74. The van der Waals surface area contributed by atoms with Crippen molar-refractivity contribution in [2.75, 3.05) is 11.9 Å². The summed E-state index contributed by atoms with van der Waals surface area (Å²) in [6, 6.07) is 7.60. The Balaban J connectivity index is 2.00. The zero-order valence-corrected chi connectivity index (χ0v) is 12.1. The molecule has 1 aliphatic carbocycles. The van der Waals surface area contributed by atoms with Gasteiger partial charge in [0.1, 0.15) is 0 Å². The highest BCUT2D eigenvalue weighted by atomic mass is 16.2. The van der Waals surface area contributed by atoms with E-state index < -0.39 is 5.54 Å². The molecule has 0 saturated heterocycles. The standard InChI is InChI=1S/C16H24N2O2/c1-16(17)10-3-2-4-14(16)15(20)18-13-7-5-12(6-8-13)9-11-19/h5-8,14,19H,2-4,9-11,17H2,1H3,(H,18,20). The lowest BCUT2D eigenvalue weighted by Gasteiger charge is -2.37. The van der Waals surface area contributed by atoms with Crippen LogP contribution in [0.4, 0.5) is 5.69 Å². The van der Waals surface area contributed by atoms with Crippen molar-refractivity contribution in [2.24, 2.45) is 11.7 Å². The molecule has 1 amide bonds. The van der Waals surface area contributed by atoms with Crippen LogP contribution in [0.15, 0.2) is 24.3 Å². The van der Waals surface area contributed by atoms with Crippen molar-refractivity contribution in [1.29, 1.82) is 0 Å². The number of aliphatic hydroxyl groups is 1. The number of benzene rings is 1. The molecule has 1 aromatic carbocycles. The van der Waals surface area contributed by atoms with Gasteiger partial charge in [-0.1, -0.05) is 25.0 Å². The van der Waals surface area contributed by atoms with E-state index >= 15 is 0 Å². The Morgan fingerprint density at radius 1 is 1.40 bits per heavy atom. The minimum absolute atomic E-state index is 0.0182. The average molecular weight is 276 g/mol. The van der Waals surface area contributed by atoms with Crippen LogP contribution in [0.2, 0.25) is 0 Å². The molecule has 4 nitrogen and oxygen atoms in total. The van der Waals surface area contributed by atoms with Gasteiger partial charge in [-0.3, -0.25) is 4.79 Å². The van der Waals surface area contributed by atoms with Gasteiger partial charge < -0.3 is 16.2 Å². The van der Waals surface area contributed by atoms with Crippen LogP contribution in [-0.2, 0) is 11.2 Å². The number of nitrogens with one attached hydrogen (secondary N) is 1. The van der Waals surface area contributed by atoms with Gasteiger partial charge in [-0.2, -0.15) is 0 Å². The molecular weight excluding hydrogens is 252 g/mol. The van der Waals surface area contributed by atoms with Crippen molar-refractivity contribution in [3.8, 4) is 0 Å². The molecule has 1 aromatic rings. The van der Waals surface area contributed by atoms with E-state index in [1.54, 1.807) is 0 Å². The number of hydrogen-bond donors (Lipinski definition) is 3. The van der Waals surface area contributed by atoms with Gasteiger partial charge in [0, 0.05) is 17.8 Å². The van der Waals surface area contributed by atoms with Crippen LogP contribution >= 0.6 is 0 Å². The summed E-state index contributed by atoms with van der Waals surface area (Å²) in [5.41, 5.74) is 7.70. The van der Waals surface area contributed by atoms with Crippen LogP contribution < -0.4 is 11.1 Å². The van der Waals surface area contributed by atoms with Gasteiger partial charge in [-0.25, -0.2) is 0 Å². The second-order valence-corrected chi connectivity index (χ2v) is 5.96. The first-order valence-electron chi connectivity index (χ1n) is 7.32. The second kappa shape index (κ2) is 6.37. The van der Waals surface area contributed by atoms with Gasteiger partial charge in [0.25, 0.3) is 0 Å². The van der Waals surface area contributed by atoms with E-state index in [1.165, 1.54) is 0 Å². The molecule has 110 valence electrons. The lowest BCUT2D eigenvalue weighted by Crippen LogP contribution is -2.51. The molecular formula is C16H24N2O2. The quantitative estimate of drug-likeness (QED) is 0.788. The first-order chi connectivity index (χ1) is 9.53. The molecule has 1 saturated carbocycles. The van der Waals surface area contributed by atoms with Crippen LogP contribution in [0.5, 0.6) is 0 Å². The minimum atomic E-state index is -0.404. The van der Waals surface area contributed by atoms with Gasteiger partial charge in [0.05, 0.1) is 5.92 Å². The molecule has 1 fully saturated rings. The van der Waals surface area contributed by atoms with Crippen molar-refractivity contribution in [3.63, 3.8) is 0 Å². The Labute approximate surface area is 120 Å². The molecule has 0 bridgehead atoms. The number of hydrogen-bond acceptors (Lipinski definition) is 3. The maximum atomic E-state index is 12.4. The first-order valence-corrected chi connectivity index (χ1v) is 7.32. The van der Waals surface area contributed by atoms with Crippen molar-refractivity contribution in [2.45, 2.75) is 44.6 Å². The van der Waals surface area contributed by atoms with E-state index in [2.05, 4.69) is 5.32 Å². The number of amides is 1. The molecule has 2 unspecified atom stereocenters. The average Bonchev–Trinajstić information content (AvgIpc) is 2.40. The van der Waals surface area contributed by atoms with Gasteiger partial charge in [0.15, 0.2) is 0 Å². The topological polar surface area (TPSA) is 75.4 Å². The van der Waals surface area contributed by atoms with E-state index in [4.69, 9.17) is 10.8 Å². The number of aliphatic hydroxyl groups excluding tert-OH is 1. The molecule has 0 heterocycles. The van der Waals surface area contributed by atoms with Gasteiger partial charge in [-0.05, 0) is 43.9 Å². The summed E-state index contributed by atoms with van der Waals surface area (Å²) >= 11 is 0. The Hall–Kier alpha value is -1.39. The Morgan fingerprint density at radius 2 is 2.10 bits per heavy atom. The van der Waals surface area contributed by atoms with Crippen molar-refractivity contribution in [3.05, 3.63) is 29.8 Å². The summed E-state index contributed by atoms with van der Waals surface area (Å²) in [6.07, 6.45) is 4.58. The molecule has 1 aliphatic rings. The largest absolute Gasteiger partial charge is 0.396 e. The SMILES string of the molecule is CC1(N)CCCCC1C(=O)Nc1ccc(CCO)cc1. The molecule has 2 rings (SSSR count). The third kappa shape index (κ3) is 3.58. The number of carbonyl (C=O) groups excluding carboxylic acids is 1. The van der Waals surface area contributed by atoms with Crippen LogP contribution in [0.1, 0.15) is 38.2 Å². The van der Waals surface area contributed by atoms with E-state index in [-0.39, 0.29) is 18.4 Å². The van der Waals surface area contributed by atoms with E-state index in [9.17, 15) is 4.79 Å². The molecule has 2 atom stereocenters. The van der Waals surface area contributed by atoms with Crippen LogP contribution in [0, 0.1) is 5.92 Å². The molecule has 0 aliphatic heterocycles. The van der Waals surface area contributed by atoms with E-state index in [0.29, 0.717) is 6.42 Å². The number of carbonyl (C=O) groups is 1. The van der Waals surface area contributed by atoms with Crippen LogP contribution in [-0.4, -0.2) is 23.2 Å². The molecule has 0 radical (unpaired) electrons. The lowest BCUT2D eigenvalue weighted by molar-refractivity contribution is -0.122. The highest BCUT2D eigenvalue weighted by Gasteiger charge is 2.37. The summed E-state index contributed by atoms with van der Waals surface area (Å²) in [5, 5.41) is 11.8. The molecule has 20 heavy (non-hydrogen) atoms. The normalized spacial score (nSPS) is 26.2. The summed E-state index contributed by atoms with van der Waals surface area (Å²) < 4.78 is 0. The minimum Gasteiger partial charge on any atom is -0.396 e. The zero-order valence-electron chi connectivity index (χ0n) is 12.1. The third-order valence-corrected chi connectivity index (χ3v) is 4.19. The van der Waals surface area contributed by atoms with Crippen molar-refractivity contribution in [1.82, 2.24) is 0 Å². The maximum Gasteiger partial charge on any atom is 0.229 e. The number of nitrogens with two attached hydrogens (primary N) is 1. The zero-order chi connectivity index (χ0) is 14.6. The maximum absolute atomic E-state index is 12.4. The Kier molecular flexibility index (Phi) is 4.78. The molecule has 4 heteroatoms. The fourth-order valence-electron chi connectivity index (χ4n) is 2.90. The van der Waals surface area contributed by atoms with Crippen LogP contribution in [0.3, 0.4) is 0 Å². The molecule has 0 aromatic heterocycles. The number of anilines is 1. The van der Waals surface area contributed by atoms with E-state index in [0.717, 1.165) is 36.9 Å².